The molecule has 0 radical (unpaired) electrons. The third kappa shape index (κ3) is 5.53. The standard InChI is InChI=1S/C6H14N2O2/c1-7-3-4-8(2)5-6(9)10/h7H,3-5H2,1-2H3,(H,9,10). The highest BCUT2D eigenvalue weighted by Crippen LogP contribution is 1.78. The van der Waals surface area contributed by atoms with E-state index in [0.29, 0.717) is 0 Å². The fourth-order valence-corrected chi connectivity index (χ4v) is 0.613. The van der Waals surface area contributed by atoms with Crippen molar-refractivity contribution in [3.8, 4) is 0 Å². The van der Waals surface area contributed by atoms with Crippen LogP contribution in [0.4, 0.5) is 0 Å². The number of likely N-dealkylation sites (N-methyl/N-ethyl adjacent to an activating group) is 2. The summed E-state index contributed by atoms with van der Waals surface area (Å²) in [6.07, 6.45) is 0. The van der Waals surface area contributed by atoms with Gasteiger partial charge < -0.3 is 10.4 Å². The summed E-state index contributed by atoms with van der Waals surface area (Å²) < 4.78 is 0. The van der Waals surface area contributed by atoms with Crippen LogP contribution < -0.4 is 5.32 Å². The normalized spacial score (nSPS) is 10.3. The molecule has 2 N–H and O–H groups in total. The van der Waals surface area contributed by atoms with Crippen molar-refractivity contribution in [2.75, 3.05) is 33.7 Å². The third-order valence-corrected chi connectivity index (χ3v) is 1.15. The monoisotopic (exact) mass is 146 g/mol. The molecule has 0 atom stereocenters. The average molecular weight is 146 g/mol. The van der Waals surface area contributed by atoms with Crippen molar-refractivity contribution in [3.05, 3.63) is 0 Å². The van der Waals surface area contributed by atoms with E-state index in [9.17, 15) is 4.79 Å². The van der Waals surface area contributed by atoms with E-state index in [-0.39, 0.29) is 6.54 Å². The number of aliphatic carboxylic acids is 1. The van der Waals surface area contributed by atoms with Crippen molar-refractivity contribution in [2.45, 2.75) is 0 Å². The molecule has 0 rings (SSSR count). The van der Waals surface area contributed by atoms with Crippen LogP contribution in [0.25, 0.3) is 0 Å². The molecule has 0 bridgehead atoms. The lowest BCUT2D eigenvalue weighted by Crippen LogP contribution is -2.31. The van der Waals surface area contributed by atoms with E-state index in [4.69, 9.17) is 5.11 Å². The van der Waals surface area contributed by atoms with Crippen LogP contribution >= 0.6 is 0 Å². The Morgan fingerprint density at radius 3 is 2.70 bits per heavy atom. The van der Waals surface area contributed by atoms with Gasteiger partial charge in [0.25, 0.3) is 0 Å². The molecule has 0 aliphatic heterocycles. The fourth-order valence-electron chi connectivity index (χ4n) is 0.613. The number of hydrogen-bond acceptors (Lipinski definition) is 3. The fraction of sp³-hybridized carbons (Fsp3) is 0.833. The summed E-state index contributed by atoms with van der Waals surface area (Å²) in [5.41, 5.74) is 0. The van der Waals surface area contributed by atoms with E-state index >= 15 is 0 Å². The smallest absolute Gasteiger partial charge is 0.317 e. The Morgan fingerprint density at radius 2 is 2.30 bits per heavy atom. The predicted octanol–water partition coefficient (Wildman–Crippen LogP) is -0.778. The van der Waals surface area contributed by atoms with E-state index in [0.717, 1.165) is 13.1 Å². The van der Waals surface area contributed by atoms with Crippen LogP contribution in [0.15, 0.2) is 0 Å². The van der Waals surface area contributed by atoms with Crippen LogP contribution in [0, 0.1) is 0 Å². The van der Waals surface area contributed by atoms with E-state index in [1.165, 1.54) is 0 Å². The van der Waals surface area contributed by atoms with Crippen molar-refractivity contribution in [1.82, 2.24) is 10.2 Å². The summed E-state index contributed by atoms with van der Waals surface area (Å²) in [7, 11) is 3.63. The van der Waals surface area contributed by atoms with Gasteiger partial charge in [-0.3, -0.25) is 9.69 Å². The number of nitrogens with zero attached hydrogens (tertiary/aromatic N) is 1. The van der Waals surface area contributed by atoms with Gasteiger partial charge in [-0.25, -0.2) is 0 Å². The van der Waals surface area contributed by atoms with Gasteiger partial charge in [-0.15, -0.1) is 0 Å². The number of nitrogens with one attached hydrogen (secondary N) is 1. The minimum Gasteiger partial charge on any atom is -0.480 e. The second-order valence-corrected chi connectivity index (χ2v) is 2.24. The zero-order chi connectivity index (χ0) is 7.98. The number of carboxylic acids is 1. The molecule has 4 nitrogen and oxygen atoms in total. The lowest BCUT2D eigenvalue weighted by molar-refractivity contribution is -0.137. The van der Waals surface area contributed by atoms with Gasteiger partial charge in [0.1, 0.15) is 0 Å². The third-order valence-electron chi connectivity index (χ3n) is 1.15. The van der Waals surface area contributed by atoms with E-state index in [1.54, 1.807) is 11.9 Å². The molecule has 0 spiro atoms. The highest BCUT2D eigenvalue weighted by Gasteiger charge is 2.01. The Bertz CT molecular complexity index is 106. The van der Waals surface area contributed by atoms with Crippen molar-refractivity contribution in [3.63, 3.8) is 0 Å². The van der Waals surface area contributed by atoms with Crippen molar-refractivity contribution in [1.29, 1.82) is 0 Å². The summed E-state index contributed by atoms with van der Waals surface area (Å²) in [5, 5.41) is 11.3. The molecule has 4 heteroatoms. The Hall–Kier alpha value is -0.610. The van der Waals surface area contributed by atoms with Crippen LogP contribution in [0.5, 0.6) is 0 Å². The molecular formula is C6H14N2O2. The Labute approximate surface area is 60.8 Å². The van der Waals surface area contributed by atoms with Crippen LogP contribution in [0.1, 0.15) is 0 Å². The molecule has 0 aliphatic carbocycles. The maximum Gasteiger partial charge on any atom is 0.317 e. The van der Waals surface area contributed by atoms with Crippen LogP contribution in [-0.2, 0) is 4.79 Å². The van der Waals surface area contributed by atoms with Gasteiger partial charge in [0, 0.05) is 13.1 Å². The topological polar surface area (TPSA) is 52.6 Å². The number of hydrogen-bond donors (Lipinski definition) is 2. The first-order valence-electron chi connectivity index (χ1n) is 3.21. The molecule has 0 saturated carbocycles. The molecular weight excluding hydrogens is 132 g/mol. The van der Waals surface area contributed by atoms with Gasteiger partial charge in [-0.2, -0.15) is 0 Å². The second-order valence-electron chi connectivity index (χ2n) is 2.24. The molecule has 0 aromatic carbocycles. The average Bonchev–Trinajstić information content (AvgIpc) is 1.82. The maximum absolute atomic E-state index is 10.1. The largest absolute Gasteiger partial charge is 0.480 e. The first kappa shape index (κ1) is 9.39. The summed E-state index contributed by atoms with van der Waals surface area (Å²) >= 11 is 0. The quantitative estimate of drug-likeness (QED) is 0.534. The SMILES string of the molecule is CNCCN(C)CC(=O)O. The molecule has 10 heavy (non-hydrogen) atoms. The van der Waals surface area contributed by atoms with Gasteiger partial charge >= 0.3 is 5.97 Å². The lowest BCUT2D eigenvalue weighted by Gasteiger charge is -2.12. The minimum atomic E-state index is -0.779. The zero-order valence-electron chi connectivity index (χ0n) is 6.42. The lowest BCUT2D eigenvalue weighted by atomic mass is 10.5. The highest BCUT2D eigenvalue weighted by molar-refractivity contribution is 5.68. The molecule has 0 heterocycles. The van der Waals surface area contributed by atoms with Crippen LogP contribution in [0.2, 0.25) is 0 Å². The molecule has 60 valence electrons. The zero-order valence-corrected chi connectivity index (χ0v) is 6.42. The molecule has 0 aliphatic rings. The summed E-state index contributed by atoms with van der Waals surface area (Å²) in [6, 6.07) is 0. The second kappa shape index (κ2) is 5.20. The molecule has 0 aromatic heterocycles. The minimum absolute atomic E-state index is 0.113. The number of carbonyl (C=O) groups is 1. The highest BCUT2D eigenvalue weighted by atomic mass is 16.4. The first-order valence-corrected chi connectivity index (χ1v) is 3.21. The Balaban J connectivity index is 3.25. The predicted molar refractivity (Wildman–Crippen MR) is 39.1 cm³/mol. The van der Waals surface area contributed by atoms with Crippen molar-refractivity contribution >= 4 is 5.97 Å². The summed E-state index contributed by atoms with van der Waals surface area (Å²) in [5.74, 6) is -0.779. The van der Waals surface area contributed by atoms with Gasteiger partial charge in [0.2, 0.25) is 0 Å². The summed E-state index contributed by atoms with van der Waals surface area (Å²) in [6.45, 7) is 1.70. The van der Waals surface area contributed by atoms with Gasteiger partial charge in [0.15, 0.2) is 0 Å². The van der Waals surface area contributed by atoms with Crippen LogP contribution in [0.3, 0.4) is 0 Å². The van der Waals surface area contributed by atoms with Crippen molar-refractivity contribution < 1.29 is 9.90 Å². The number of carboxylic acid groups (broad SMARTS) is 1. The Kier molecular flexibility index (Phi) is 4.88. The Morgan fingerprint density at radius 1 is 1.70 bits per heavy atom. The van der Waals surface area contributed by atoms with Crippen LogP contribution in [-0.4, -0.2) is 49.7 Å². The molecule has 0 unspecified atom stereocenters. The van der Waals surface area contributed by atoms with Gasteiger partial charge in [0.05, 0.1) is 6.54 Å². The van der Waals surface area contributed by atoms with Gasteiger partial charge in [-0.05, 0) is 14.1 Å². The first-order chi connectivity index (χ1) is 4.66. The van der Waals surface area contributed by atoms with Gasteiger partial charge in [-0.1, -0.05) is 0 Å². The summed E-state index contributed by atoms with van der Waals surface area (Å²) in [4.78, 5) is 11.9. The molecule has 0 amide bonds. The molecule has 0 saturated heterocycles. The molecule has 0 fully saturated rings. The van der Waals surface area contributed by atoms with Crippen molar-refractivity contribution in [2.24, 2.45) is 0 Å². The maximum atomic E-state index is 10.1. The van der Waals surface area contributed by atoms with E-state index in [2.05, 4.69) is 5.32 Å². The van der Waals surface area contributed by atoms with E-state index < -0.39 is 5.97 Å². The van der Waals surface area contributed by atoms with E-state index in [1.807, 2.05) is 7.05 Å². The molecule has 0 aromatic rings. The number of rotatable bonds is 5.